The highest BCUT2D eigenvalue weighted by molar-refractivity contribution is 5.79. The SMILES string of the molecule is CCCCCCC(C)(C)c1cc(O)c(-c2n(C)c3ccccc3[n+]2C)c(O)c1. The monoisotopic (exact) mass is 381 g/mol. The van der Waals surface area contributed by atoms with Gasteiger partial charge in [-0.05, 0) is 41.7 Å². The van der Waals surface area contributed by atoms with Crippen LogP contribution in [0.5, 0.6) is 11.5 Å². The van der Waals surface area contributed by atoms with E-state index in [4.69, 9.17) is 0 Å². The minimum Gasteiger partial charge on any atom is -0.507 e. The summed E-state index contributed by atoms with van der Waals surface area (Å²) in [5, 5.41) is 21.8. The highest BCUT2D eigenvalue weighted by atomic mass is 16.3. The summed E-state index contributed by atoms with van der Waals surface area (Å²) in [7, 11) is 3.92. The van der Waals surface area contributed by atoms with E-state index in [9.17, 15) is 10.2 Å². The average Bonchev–Trinajstić information content (AvgIpc) is 2.90. The summed E-state index contributed by atoms with van der Waals surface area (Å²) in [6.07, 6.45) is 5.89. The van der Waals surface area contributed by atoms with Gasteiger partial charge in [0.15, 0.2) is 11.0 Å². The van der Waals surface area contributed by atoms with Gasteiger partial charge in [-0.3, -0.25) is 0 Å². The quantitative estimate of drug-likeness (QED) is 0.429. The first-order valence-electron chi connectivity index (χ1n) is 10.3. The zero-order valence-electron chi connectivity index (χ0n) is 17.8. The topological polar surface area (TPSA) is 49.3 Å². The van der Waals surface area contributed by atoms with E-state index in [-0.39, 0.29) is 16.9 Å². The molecule has 0 radical (unpaired) electrons. The van der Waals surface area contributed by atoms with Crippen LogP contribution in [-0.2, 0) is 19.5 Å². The zero-order chi connectivity index (χ0) is 20.5. The number of para-hydroxylation sites is 2. The van der Waals surface area contributed by atoms with Gasteiger partial charge in [0.1, 0.15) is 17.1 Å². The third kappa shape index (κ3) is 3.60. The van der Waals surface area contributed by atoms with Gasteiger partial charge in [-0.2, -0.15) is 0 Å². The number of rotatable bonds is 7. The molecule has 0 aliphatic rings. The van der Waals surface area contributed by atoms with Crippen molar-refractivity contribution in [3.8, 4) is 22.9 Å². The zero-order valence-corrected chi connectivity index (χ0v) is 17.8. The summed E-state index contributed by atoms with van der Waals surface area (Å²) in [4.78, 5) is 0. The van der Waals surface area contributed by atoms with E-state index in [1.54, 1.807) is 0 Å². The second-order valence-corrected chi connectivity index (χ2v) is 8.51. The fraction of sp³-hybridized carbons (Fsp3) is 0.458. The van der Waals surface area contributed by atoms with Crippen molar-refractivity contribution in [1.82, 2.24) is 4.57 Å². The fourth-order valence-electron chi connectivity index (χ4n) is 4.19. The first-order valence-corrected chi connectivity index (χ1v) is 10.3. The van der Waals surface area contributed by atoms with Crippen molar-refractivity contribution < 1.29 is 14.8 Å². The molecule has 0 unspecified atom stereocenters. The molecule has 0 saturated carbocycles. The molecule has 0 aliphatic heterocycles. The number of phenolic OH excluding ortho intramolecular Hbond substituents is 2. The summed E-state index contributed by atoms with van der Waals surface area (Å²) in [6, 6.07) is 11.7. The molecule has 0 atom stereocenters. The lowest BCUT2D eigenvalue weighted by Gasteiger charge is -2.26. The minimum atomic E-state index is -0.0949. The molecular weight excluding hydrogens is 348 g/mol. The maximum absolute atomic E-state index is 10.9. The van der Waals surface area contributed by atoms with E-state index in [0.29, 0.717) is 5.56 Å². The second kappa shape index (κ2) is 7.86. The number of aromatic nitrogens is 2. The number of nitrogens with zero attached hydrogens (tertiary/aromatic N) is 2. The molecule has 28 heavy (non-hydrogen) atoms. The normalized spacial score (nSPS) is 12.0. The highest BCUT2D eigenvalue weighted by Crippen LogP contribution is 2.42. The van der Waals surface area contributed by atoms with E-state index in [0.717, 1.165) is 35.3 Å². The molecule has 1 aromatic heterocycles. The van der Waals surface area contributed by atoms with E-state index in [1.165, 1.54) is 19.3 Å². The summed E-state index contributed by atoms with van der Waals surface area (Å²) < 4.78 is 4.03. The lowest BCUT2D eigenvalue weighted by atomic mass is 9.79. The number of benzene rings is 2. The smallest absolute Gasteiger partial charge is 0.297 e. The third-order valence-electron chi connectivity index (χ3n) is 6.00. The first kappa shape index (κ1) is 20.2. The molecule has 3 aromatic rings. The Labute approximate surface area is 168 Å². The Balaban J connectivity index is 2.02. The molecule has 2 aromatic carbocycles. The van der Waals surface area contributed by atoms with Gasteiger partial charge in [-0.25, -0.2) is 9.13 Å². The molecule has 4 heteroatoms. The van der Waals surface area contributed by atoms with Crippen LogP contribution >= 0.6 is 0 Å². The number of imidazole rings is 1. The lowest BCUT2D eigenvalue weighted by molar-refractivity contribution is -0.634. The number of aromatic hydroxyl groups is 2. The molecule has 2 N–H and O–H groups in total. The largest absolute Gasteiger partial charge is 0.507 e. The highest BCUT2D eigenvalue weighted by Gasteiger charge is 2.30. The van der Waals surface area contributed by atoms with Crippen LogP contribution in [0, 0.1) is 0 Å². The molecule has 0 bridgehead atoms. The van der Waals surface area contributed by atoms with E-state index in [1.807, 2.05) is 59.6 Å². The number of unbranched alkanes of at least 4 members (excludes halogenated alkanes) is 3. The van der Waals surface area contributed by atoms with Gasteiger partial charge in [0.05, 0.1) is 14.1 Å². The van der Waals surface area contributed by atoms with Crippen LogP contribution in [0.15, 0.2) is 36.4 Å². The second-order valence-electron chi connectivity index (χ2n) is 8.51. The fourth-order valence-corrected chi connectivity index (χ4v) is 4.19. The van der Waals surface area contributed by atoms with Gasteiger partial charge in [-0.15, -0.1) is 0 Å². The van der Waals surface area contributed by atoms with Crippen molar-refractivity contribution in [2.24, 2.45) is 14.1 Å². The molecule has 4 nitrogen and oxygen atoms in total. The Bertz CT molecular complexity index is 924. The number of fused-ring (bicyclic) bond motifs is 1. The van der Waals surface area contributed by atoms with Crippen molar-refractivity contribution in [3.05, 3.63) is 42.0 Å². The van der Waals surface area contributed by atoms with Crippen LogP contribution < -0.4 is 4.57 Å². The summed E-state index contributed by atoms with van der Waals surface area (Å²) in [6.45, 7) is 6.58. The Hall–Kier alpha value is -2.49. The molecule has 0 saturated heterocycles. The number of phenols is 2. The molecule has 3 rings (SSSR count). The van der Waals surface area contributed by atoms with Crippen molar-refractivity contribution >= 4 is 11.0 Å². The van der Waals surface area contributed by atoms with E-state index >= 15 is 0 Å². The average molecular weight is 382 g/mol. The number of hydrogen-bond acceptors (Lipinski definition) is 2. The standard InChI is InChI=1S/C24H32N2O2/c1-6-7-8-11-14-24(2,3)17-15-20(27)22(21(28)16-17)23-25(4)18-12-9-10-13-19(18)26(23)5/h9-10,12-13,15-16H,6-8,11,14H2,1-5H3,(H,27,28)/p+1. The molecule has 1 heterocycles. The predicted molar refractivity (Wildman–Crippen MR) is 115 cm³/mol. The molecule has 0 fully saturated rings. The lowest BCUT2D eigenvalue weighted by Crippen LogP contribution is -2.30. The summed E-state index contributed by atoms with van der Waals surface area (Å²) in [5.41, 5.74) is 3.47. The van der Waals surface area contributed by atoms with Crippen LogP contribution in [0.25, 0.3) is 22.4 Å². The third-order valence-corrected chi connectivity index (χ3v) is 6.00. The van der Waals surface area contributed by atoms with E-state index in [2.05, 4.69) is 20.8 Å². The molecule has 0 spiro atoms. The number of hydrogen-bond donors (Lipinski definition) is 2. The van der Waals surface area contributed by atoms with Crippen LogP contribution in [0.3, 0.4) is 0 Å². The Morgan fingerprint density at radius 1 is 1.00 bits per heavy atom. The van der Waals surface area contributed by atoms with E-state index < -0.39 is 0 Å². The van der Waals surface area contributed by atoms with Gasteiger partial charge >= 0.3 is 0 Å². The summed E-state index contributed by atoms with van der Waals surface area (Å²) in [5.74, 6) is 1.03. The van der Waals surface area contributed by atoms with Crippen LogP contribution in [0.1, 0.15) is 58.4 Å². The Morgan fingerprint density at radius 3 is 2.25 bits per heavy atom. The number of aryl methyl sites for hydroxylation is 2. The summed E-state index contributed by atoms with van der Waals surface area (Å²) >= 11 is 0. The molecule has 0 aliphatic carbocycles. The van der Waals surface area contributed by atoms with Crippen molar-refractivity contribution in [3.63, 3.8) is 0 Å². The van der Waals surface area contributed by atoms with Gasteiger partial charge in [0.2, 0.25) is 0 Å². The molecule has 150 valence electrons. The first-order chi connectivity index (χ1) is 13.3. The maximum Gasteiger partial charge on any atom is 0.297 e. The van der Waals surface area contributed by atoms with Gasteiger partial charge in [0, 0.05) is 0 Å². The van der Waals surface area contributed by atoms with Crippen LogP contribution in [-0.4, -0.2) is 14.8 Å². The maximum atomic E-state index is 10.9. The van der Waals surface area contributed by atoms with Gasteiger partial charge < -0.3 is 10.2 Å². The van der Waals surface area contributed by atoms with Crippen molar-refractivity contribution in [2.45, 2.75) is 58.3 Å². The Kier molecular flexibility index (Phi) is 5.69. The van der Waals surface area contributed by atoms with Crippen LogP contribution in [0.2, 0.25) is 0 Å². The van der Waals surface area contributed by atoms with Gasteiger partial charge in [0.25, 0.3) is 5.82 Å². The Morgan fingerprint density at radius 2 is 1.64 bits per heavy atom. The predicted octanol–water partition coefficient (Wildman–Crippen LogP) is 5.33. The minimum absolute atomic E-state index is 0.0949. The van der Waals surface area contributed by atoms with Crippen molar-refractivity contribution in [2.75, 3.05) is 0 Å². The molecule has 0 amide bonds. The van der Waals surface area contributed by atoms with Crippen LogP contribution in [0.4, 0.5) is 0 Å². The van der Waals surface area contributed by atoms with Gasteiger partial charge in [-0.1, -0.05) is 58.6 Å². The van der Waals surface area contributed by atoms with Crippen molar-refractivity contribution in [1.29, 1.82) is 0 Å². The molecular formula is C24H33N2O2+.